The van der Waals surface area contributed by atoms with E-state index in [1.165, 1.54) is 0 Å². The molecule has 4 aromatic rings. The summed E-state index contributed by atoms with van der Waals surface area (Å²) in [5, 5.41) is 11.4. The van der Waals surface area contributed by atoms with Crippen LogP contribution in [-0.2, 0) is 17.6 Å². The standard InChI is InChI=1S/C23H21N3O2/c27-23(17-10-11-19-18(12-17)14-24-26-19)25-22(15-6-2-1-3-7-15)21-13-16-8-4-5-9-20(16)28-21/h1-9,13-14,17,22H,10-12H2,(H,24,26)(H,25,27). The topological polar surface area (TPSA) is 70.9 Å². The minimum absolute atomic E-state index is 0.0549. The van der Waals surface area contributed by atoms with Crippen molar-refractivity contribution in [2.75, 3.05) is 0 Å². The monoisotopic (exact) mass is 371 g/mol. The summed E-state index contributed by atoms with van der Waals surface area (Å²) in [6.07, 6.45) is 4.23. The summed E-state index contributed by atoms with van der Waals surface area (Å²) < 4.78 is 6.09. The number of aromatic amines is 1. The van der Waals surface area contributed by atoms with Crippen LogP contribution in [0.2, 0.25) is 0 Å². The Morgan fingerprint density at radius 1 is 1.14 bits per heavy atom. The summed E-state index contributed by atoms with van der Waals surface area (Å²) in [5.74, 6) is 0.752. The molecule has 0 saturated carbocycles. The van der Waals surface area contributed by atoms with Crippen molar-refractivity contribution in [1.82, 2.24) is 15.5 Å². The Bertz CT molecular complexity index is 1080. The number of carbonyl (C=O) groups is 1. The summed E-state index contributed by atoms with van der Waals surface area (Å²) in [6.45, 7) is 0. The van der Waals surface area contributed by atoms with Crippen LogP contribution in [0.3, 0.4) is 0 Å². The van der Waals surface area contributed by atoms with Gasteiger partial charge in [-0.25, -0.2) is 0 Å². The van der Waals surface area contributed by atoms with E-state index >= 15 is 0 Å². The lowest BCUT2D eigenvalue weighted by Crippen LogP contribution is -2.36. The van der Waals surface area contributed by atoms with Crippen molar-refractivity contribution in [2.24, 2.45) is 5.92 Å². The van der Waals surface area contributed by atoms with E-state index in [2.05, 4.69) is 15.5 Å². The van der Waals surface area contributed by atoms with Gasteiger partial charge in [0, 0.05) is 17.0 Å². The first-order valence-corrected chi connectivity index (χ1v) is 9.63. The number of hydrogen-bond donors (Lipinski definition) is 2. The van der Waals surface area contributed by atoms with Crippen molar-refractivity contribution in [3.05, 3.63) is 89.4 Å². The number of aromatic nitrogens is 2. The van der Waals surface area contributed by atoms with Crippen molar-refractivity contribution in [2.45, 2.75) is 25.3 Å². The Kier molecular flexibility index (Phi) is 4.20. The summed E-state index contributed by atoms with van der Waals surface area (Å²) in [4.78, 5) is 13.1. The van der Waals surface area contributed by atoms with E-state index in [0.29, 0.717) is 0 Å². The molecule has 5 rings (SSSR count). The van der Waals surface area contributed by atoms with Gasteiger partial charge in [-0.15, -0.1) is 0 Å². The van der Waals surface area contributed by atoms with Gasteiger partial charge in [-0.1, -0.05) is 48.5 Å². The third-order valence-corrected chi connectivity index (χ3v) is 5.54. The van der Waals surface area contributed by atoms with E-state index in [-0.39, 0.29) is 17.9 Å². The number of H-pyrrole nitrogens is 1. The molecule has 0 fully saturated rings. The van der Waals surface area contributed by atoms with Gasteiger partial charge in [-0.05, 0) is 42.5 Å². The SMILES string of the molecule is O=C(NC(c1ccccc1)c1cc2ccccc2o1)C1CCc2[nH]ncc2C1. The maximum absolute atomic E-state index is 13.1. The zero-order valence-electron chi connectivity index (χ0n) is 15.4. The van der Waals surface area contributed by atoms with Crippen LogP contribution in [0.5, 0.6) is 0 Å². The van der Waals surface area contributed by atoms with Gasteiger partial charge in [0.15, 0.2) is 0 Å². The molecule has 0 aliphatic heterocycles. The van der Waals surface area contributed by atoms with Gasteiger partial charge in [0.05, 0.1) is 6.20 Å². The van der Waals surface area contributed by atoms with E-state index in [1.807, 2.05) is 66.9 Å². The van der Waals surface area contributed by atoms with E-state index in [4.69, 9.17) is 4.42 Å². The minimum Gasteiger partial charge on any atom is -0.459 e. The summed E-state index contributed by atoms with van der Waals surface area (Å²) >= 11 is 0. The van der Waals surface area contributed by atoms with Crippen LogP contribution in [0.15, 0.2) is 71.3 Å². The molecule has 2 aromatic heterocycles. The normalized spacial score (nSPS) is 17.2. The van der Waals surface area contributed by atoms with Crippen LogP contribution in [0.25, 0.3) is 11.0 Å². The quantitative estimate of drug-likeness (QED) is 0.566. The molecule has 0 saturated heterocycles. The largest absolute Gasteiger partial charge is 0.459 e. The molecule has 0 spiro atoms. The molecule has 28 heavy (non-hydrogen) atoms. The maximum Gasteiger partial charge on any atom is 0.224 e. The number of nitrogens with one attached hydrogen (secondary N) is 2. The second kappa shape index (κ2) is 7.00. The van der Waals surface area contributed by atoms with Crippen LogP contribution in [-0.4, -0.2) is 16.1 Å². The average molecular weight is 371 g/mol. The van der Waals surface area contributed by atoms with Crippen LogP contribution in [0, 0.1) is 5.92 Å². The van der Waals surface area contributed by atoms with Gasteiger partial charge >= 0.3 is 0 Å². The highest BCUT2D eigenvalue weighted by Gasteiger charge is 2.29. The zero-order chi connectivity index (χ0) is 18.9. The molecular formula is C23H21N3O2. The number of aryl methyl sites for hydroxylation is 1. The number of benzene rings is 2. The molecule has 0 radical (unpaired) electrons. The smallest absolute Gasteiger partial charge is 0.224 e. The van der Waals surface area contributed by atoms with E-state index < -0.39 is 0 Å². The number of furan rings is 1. The number of nitrogens with zero attached hydrogens (tertiary/aromatic N) is 1. The fourth-order valence-corrected chi connectivity index (χ4v) is 4.01. The fourth-order valence-electron chi connectivity index (χ4n) is 4.01. The Balaban J connectivity index is 1.44. The predicted octanol–water partition coefficient (Wildman–Crippen LogP) is 4.17. The minimum atomic E-state index is -0.313. The second-order valence-electron chi connectivity index (χ2n) is 7.35. The van der Waals surface area contributed by atoms with Gasteiger partial charge in [0.25, 0.3) is 0 Å². The molecule has 2 N–H and O–H groups in total. The van der Waals surface area contributed by atoms with Gasteiger partial charge in [-0.3, -0.25) is 9.89 Å². The van der Waals surface area contributed by atoms with Gasteiger partial charge in [-0.2, -0.15) is 5.10 Å². The highest BCUT2D eigenvalue weighted by Crippen LogP contribution is 2.30. The molecule has 2 unspecified atom stereocenters. The third-order valence-electron chi connectivity index (χ3n) is 5.54. The zero-order valence-corrected chi connectivity index (χ0v) is 15.4. The Labute approximate surface area is 162 Å². The predicted molar refractivity (Wildman–Crippen MR) is 107 cm³/mol. The number of carbonyl (C=O) groups excluding carboxylic acids is 1. The molecule has 2 aromatic carbocycles. The molecule has 1 aliphatic carbocycles. The lowest BCUT2D eigenvalue weighted by atomic mass is 9.87. The number of hydrogen-bond acceptors (Lipinski definition) is 3. The van der Waals surface area contributed by atoms with Crippen molar-refractivity contribution < 1.29 is 9.21 Å². The van der Waals surface area contributed by atoms with Gasteiger partial charge in [0.2, 0.25) is 5.91 Å². The van der Waals surface area contributed by atoms with Crippen LogP contribution in [0.1, 0.15) is 35.0 Å². The van der Waals surface area contributed by atoms with Crippen molar-refractivity contribution in [3.63, 3.8) is 0 Å². The van der Waals surface area contributed by atoms with Crippen molar-refractivity contribution >= 4 is 16.9 Å². The van der Waals surface area contributed by atoms with E-state index in [9.17, 15) is 4.79 Å². The van der Waals surface area contributed by atoms with Crippen molar-refractivity contribution in [1.29, 1.82) is 0 Å². The highest BCUT2D eigenvalue weighted by molar-refractivity contribution is 5.81. The summed E-state index contributed by atoms with van der Waals surface area (Å²) in [6, 6.07) is 19.6. The number of amides is 1. The number of fused-ring (bicyclic) bond motifs is 2. The molecule has 2 atom stereocenters. The molecule has 1 aliphatic rings. The Morgan fingerprint density at radius 3 is 2.82 bits per heavy atom. The van der Waals surface area contributed by atoms with Crippen molar-refractivity contribution in [3.8, 4) is 0 Å². The van der Waals surface area contributed by atoms with Gasteiger partial charge < -0.3 is 9.73 Å². The average Bonchev–Trinajstić information content (AvgIpc) is 3.38. The fraction of sp³-hybridized carbons (Fsp3) is 0.217. The lowest BCUT2D eigenvalue weighted by molar-refractivity contribution is -0.126. The molecule has 2 heterocycles. The summed E-state index contributed by atoms with van der Waals surface area (Å²) in [5.41, 5.74) is 4.13. The first-order valence-electron chi connectivity index (χ1n) is 9.63. The second-order valence-corrected chi connectivity index (χ2v) is 7.35. The highest BCUT2D eigenvalue weighted by atomic mass is 16.3. The van der Waals surface area contributed by atoms with E-state index in [1.54, 1.807) is 0 Å². The molecule has 5 nitrogen and oxygen atoms in total. The molecule has 5 heteroatoms. The number of rotatable bonds is 4. The lowest BCUT2D eigenvalue weighted by Gasteiger charge is -2.24. The maximum atomic E-state index is 13.1. The molecule has 0 bridgehead atoms. The molecular weight excluding hydrogens is 350 g/mol. The Morgan fingerprint density at radius 2 is 1.96 bits per heavy atom. The third kappa shape index (κ3) is 3.09. The van der Waals surface area contributed by atoms with E-state index in [0.717, 1.165) is 52.8 Å². The summed E-state index contributed by atoms with van der Waals surface area (Å²) in [7, 11) is 0. The first kappa shape index (κ1) is 16.8. The molecule has 1 amide bonds. The Hall–Kier alpha value is -3.34. The van der Waals surface area contributed by atoms with Crippen LogP contribution < -0.4 is 5.32 Å². The van der Waals surface area contributed by atoms with Crippen LogP contribution in [0.4, 0.5) is 0 Å². The van der Waals surface area contributed by atoms with Crippen LogP contribution >= 0.6 is 0 Å². The van der Waals surface area contributed by atoms with Gasteiger partial charge in [0.1, 0.15) is 17.4 Å². The first-order chi connectivity index (χ1) is 13.8. The molecule has 140 valence electrons. The number of para-hydroxylation sites is 1.